The molecule has 1 fully saturated rings. The summed E-state index contributed by atoms with van der Waals surface area (Å²) in [7, 11) is 0. The van der Waals surface area contributed by atoms with Gasteiger partial charge in [-0.15, -0.1) is 0 Å². The van der Waals surface area contributed by atoms with Gasteiger partial charge in [0.25, 0.3) is 5.91 Å². The van der Waals surface area contributed by atoms with Gasteiger partial charge in [0.15, 0.2) is 12.6 Å². The van der Waals surface area contributed by atoms with Crippen molar-refractivity contribution in [2.45, 2.75) is 32.4 Å². The molecule has 0 aliphatic carbocycles. The molecule has 2 amide bonds. The summed E-state index contributed by atoms with van der Waals surface area (Å²) in [5.41, 5.74) is 11.9. The van der Waals surface area contributed by atoms with Crippen LogP contribution < -0.4 is 21.5 Å². The van der Waals surface area contributed by atoms with E-state index in [-0.39, 0.29) is 18.7 Å². The van der Waals surface area contributed by atoms with E-state index in [0.29, 0.717) is 38.0 Å². The van der Waals surface area contributed by atoms with E-state index in [1.807, 2.05) is 12.1 Å². The van der Waals surface area contributed by atoms with Crippen LogP contribution in [-0.2, 0) is 16.1 Å². The molecule has 1 aliphatic rings. The van der Waals surface area contributed by atoms with Gasteiger partial charge in [0, 0.05) is 19.1 Å². The molecule has 0 atom stereocenters. The van der Waals surface area contributed by atoms with Gasteiger partial charge in [-0.1, -0.05) is 12.1 Å². The van der Waals surface area contributed by atoms with Crippen LogP contribution in [0.1, 0.15) is 25.3 Å². The lowest BCUT2D eigenvalue weighted by molar-refractivity contribution is -0.119. The monoisotopic (exact) mass is 377 g/mol. The molecule has 1 saturated heterocycles. The summed E-state index contributed by atoms with van der Waals surface area (Å²) in [6, 6.07) is 7.42. The first kappa shape index (κ1) is 20.3. The average Bonchev–Trinajstić information content (AvgIpc) is 2.66. The number of amides is 2. The van der Waals surface area contributed by atoms with E-state index in [1.54, 1.807) is 24.0 Å². The van der Waals surface area contributed by atoms with Crippen LogP contribution >= 0.6 is 0 Å². The second-order valence-corrected chi connectivity index (χ2v) is 6.21. The molecule has 2 rings (SSSR count). The zero-order valence-electron chi connectivity index (χ0n) is 15.5. The fraction of sp³-hybridized carbons (Fsp3) is 0.500. The van der Waals surface area contributed by atoms with Crippen molar-refractivity contribution < 1.29 is 19.1 Å². The summed E-state index contributed by atoms with van der Waals surface area (Å²) in [4.78, 5) is 28.5. The van der Waals surface area contributed by atoms with Crippen LogP contribution in [0.4, 0.5) is 4.79 Å². The molecule has 0 saturated carbocycles. The van der Waals surface area contributed by atoms with Gasteiger partial charge >= 0.3 is 6.09 Å². The number of aliphatic imine (C=N–C) groups is 1. The van der Waals surface area contributed by atoms with Crippen LogP contribution in [0.5, 0.6) is 5.75 Å². The largest absolute Gasteiger partial charge is 0.484 e. The van der Waals surface area contributed by atoms with E-state index >= 15 is 0 Å². The van der Waals surface area contributed by atoms with E-state index in [2.05, 4.69) is 10.3 Å². The van der Waals surface area contributed by atoms with Gasteiger partial charge in [0.05, 0.1) is 13.2 Å². The molecule has 5 N–H and O–H groups in total. The molecule has 0 aromatic heterocycles. The Morgan fingerprint density at radius 1 is 1.30 bits per heavy atom. The van der Waals surface area contributed by atoms with Crippen molar-refractivity contribution in [3.8, 4) is 5.75 Å². The van der Waals surface area contributed by atoms with Gasteiger partial charge in [-0.25, -0.2) is 9.79 Å². The van der Waals surface area contributed by atoms with Crippen LogP contribution in [0, 0.1) is 0 Å². The second kappa shape index (κ2) is 10.2. The maximum absolute atomic E-state index is 11.7. The Morgan fingerprint density at radius 3 is 2.70 bits per heavy atom. The Morgan fingerprint density at radius 2 is 2.04 bits per heavy atom. The number of nitrogens with two attached hydrogens (primary N) is 2. The zero-order valence-corrected chi connectivity index (χ0v) is 15.5. The molecular formula is C18H27N5O4. The number of hydrogen-bond donors (Lipinski definition) is 3. The number of carbonyl (C=O) groups is 2. The van der Waals surface area contributed by atoms with E-state index in [1.165, 1.54) is 0 Å². The molecule has 9 nitrogen and oxygen atoms in total. The number of benzene rings is 1. The van der Waals surface area contributed by atoms with Crippen molar-refractivity contribution >= 4 is 18.0 Å². The lowest BCUT2D eigenvalue weighted by Crippen LogP contribution is -2.48. The van der Waals surface area contributed by atoms with Gasteiger partial charge in [-0.2, -0.15) is 0 Å². The van der Waals surface area contributed by atoms with Gasteiger partial charge < -0.3 is 31.2 Å². The number of primary amides is 1. The number of hydrogen-bond acceptors (Lipinski definition) is 5. The summed E-state index contributed by atoms with van der Waals surface area (Å²) in [6.45, 7) is 3.65. The summed E-state index contributed by atoms with van der Waals surface area (Å²) >= 11 is 0. The van der Waals surface area contributed by atoms with Crippen LogP contribution in [-0.4, -0.2) is 55.2 Å². The highest BCUT2D eigenvalue weighted by molar-refractivity contribution is 5.78. The lowest BCUT2D eigenvalue weighted by Gasteiger charge is -2.31. The van der Waals surface area contributed by atoms with Crippen LogP contribution in [0.3, 0.4) is 0 Å². The molecule has 27 heavy (non-hydrogen) atoms. The minimum absolute atomic E-state index is 0.166. The average molecular weight is 377 g/mol. The van der Waals surface area contributed by atoms with E-state index in [4.69, 9.17) is 20.9 Å². The number of nitrogens with one attached hydrogen (secondary N) is 1. The second-order valence-electron chi connectivity index (χ2n) is 6.21. The molecule has 9 heteroatoms. The van der Waals surface area contributed by atoms with Gasteiger partial charge in [0.2, 0.25) is 0 Å². The maximum Gasteiger partial charge on any atom is 0.409 e. The van der Waals surface area contributed by atoms with Gasteiger partial charge in [0.1, 0.15) is 5.75 Å². The first-order chi connectivity index (χ1) is 13.0. The Bertz CT molecular complexity index is 671. The Labute approximate surface area is 158 Å². The number of rotatable bonds is 7. The predicted molar refractivity (Wildman–Crippen MR) is 101 cm³/mol. The first-order valence-electron chi connectivity index (χ1n) is 8.96. The fourth-order valence-electron chi connectivity index (χ4n) is 2.74. The third-order valence-corrected chi connectivity index (χ3v) is 4.08. The zero-order chi connectivity index (χ0) is 19.6. The molecule has 0 unspecified atom stereocenters. The normalized spacial score (nSPS) is 15.3. The third-order valence-electron chi connectivity index (χ3n) is 4.08. The number of piperidine rings is 1. The lowest BCUT2D eigenvalue weighted by atomic mass is 10.1. The van der Waals surface area contributed by atoms with Gasteiger partial charge in [-0.05, 0) is 37.5 Å². The molecule has 1 aromatic carbocycles. The molecule has 1 aliphatic heterocycles. The van der Waals surface area contributed by atoms with E-state index < -0.39 is 5.91 Å². The number of carbonyl (C=O) groups excluding carboxylic acids is 2. The topological polar surface area (TPSA) is 132 Å². The van der Waals surface area contributed by atoms with Crippen molar-refractivity contribution in [2.24, 2.45) is 16.5 Å². The Kier molecular flexibility index (Phi) is 7.72. The van der Waals surface area contributed by atoms with Crippen molar-refractivity contribution in [3.63, 3.8) is 0 Å². The number of guanidine groups is 1. The van der Waals surface area contributed by atoms with Crippen molar-refractivity contribution in [3.05, 3.63) is 29.8 Å². The highest BCUT2D eigenvalue weighted by Crippen LogP contribution is 2.14. The summed E-state index contributed by atoms with van der Waals surface area (Å²) in [5, 5.41) is 3.19. The number of nitrogens with zero attached hydrogens (tertiary/aromatic N) is 2. The van der Waals surface area contributed by atoms with Gasteiger partial charge in [-0.3, -0.25) is 4.79 Å². The minimum Gasteiger partial charge on any atom is -0.484 e. The maximum atomic E-state index is 11.7. The standard InChI is InChI=1S/C18H27N5O4/c1-2-26-18(25)23-8-6-14(7-9-23)22-17(20)21-11-13-4-3-5-15(10-13)27-12-16(19)24/h3-5,10,14H,2,6-9,11-12H2,1H3,(H2,19,24)(H3,20,21,22). The fourth-order valence-corrected chi connectivity index (χ4v) is 2.74. The van der Waals surface area contributed by atoms with Crippen molar-refractivity contribution in [1.29, 1.82) is 0 Å². The summed E-state index contributed by atoms with van der Waals surface area (Å²) < 4.78 is 10.3. The minimum atomic E-state index is -0.527. The molecule has 0 bridgehead atoms. The summed E-state index contributed by atoms with van der Waals surface area (Å²) in [5.74, 6) is 0.383. The van der Waals surface area contributed by atoms with Crippen molar-refractivity contribution in [1.82, 2.24) is 10.2 Å². The highest BCUT2D eigenvalue weighted by Gasteiger charge is 2.23. The van der Waals surface area contributed by atoms with Crippen LogP contribution in [0.25, 0.3) is 0 Å². The first-order valence-corrected chi connectivity index (χ1v) is 8.96. The quantitative estimate of drug-likeness (QED) is 0.470. The predicted octanol–water partition coefficient (Wildman–Crippen LogP) is 0.576. The van der Waals surface area contributed by atoms with E-state index in [9.17, 15) is 9.59 Å². The molecule has 148 valence electrons. The van der Waals surface area contributed by atoms with E-state index in [0.717, 1.165) is 18.4 Å². The smallest absolute Gasteiger partial charge is 0.409 e. The van der Waals surface area contributed by atoms with Crippen LogP contribution in [0.2, 0.25) is 0 Å². The Balaban J connectivity index is 1.79. The Hall–Kier alpha value is -2.97. The highest BCUT2D eigenvalue weighted by atomic mass is 16.6. The molecule has 0 spiro atoms. The third kappa shape index (κ3) is 7.04. The van der Waals surface area contributed by atoms with Crippen molar-refractivity contribution in [2.75, 3.05) is 26.3 Å². The molecule has 1 aromatic rings. The molecule has 0 radical (unpaired) electrons. The SMILES string of the molecule is CCOC(=O)N1CCC(NC(N)=NCc2cccc(OCC(N)=O)c2)CC1. The van der Waals surface area contributed by atoms with Crippen LogP contribution in [0.15, 0.2) is 29.3 Å². The number of ether oxygens (including phenoxy) is 2. The molecular weight excluding hydrogens is 350 g/mol. The number of likely N-dealkylation sites (tertiary alicyclic amines) is 1. The summed E-state index contributed by atoms with van der Waals surface area (Å²) in [6.07, 6.45) is 1.30. The molecule has 1 heterocycles.